The van der Waals surface area contributed by atoms with E-state index in [0.717, 1.165) is 5.56 Å². The average Bonchev–Trinajstić information content (AvgIpc) is 3.22. The van der Waals surface area contributed by atoms with Crippen LogP contribution in [0, 0.1) is 5.92 Å². The van der Waals surface area contributed by atoms with E-state index in [9.17, 15) is 9.59 Å². The quantitative estimate of drug-likeness (QED) is 0.860. The summed E-state index contributed by atoms with van der Waals surface area (Å²) in [5, 5.41) is 2.90. The van der Waals surface area contributed by atoms with E-state index in [2.05, 4.69) is 5.32 Å². The molecule has 2 amide bonds. The van der Waals surface area contributed by atoms with Crippen LogP contribution in [0.25, 0.3) is 0 Å². The highest BCUT2D eigenvalue weighted by molar-refractivity contribution is 5.93. The predicted octanol–water partition coefficient (Wildman–Crippen LogP) is 3.03. The molecule has 0 aliphatic carbocycles. The Morgan fingerprint density at radius 2 is 1.69 bits per heavy atom. The number of hydrogen-bond acceptors (Lipinski definition) is 5. The zero-order valence-electron chi connectivity index (χ0n) is 16.1. The smallest absolute Gasteiger partial charge is 0.410 e. The van der Waals surface area contributed by atoms with Gasteiger partial charge < -0.3 is 24.4 Å². The number of ether oxygens (including phenoxy) is 3. The molecule has 2 aliphatic heterocycles. The summed E-state index contributed by atoms with van der Waals surface area (Å²) in [4.78, 5) is 27.2. The van der Waals surface area contributed by atoms with Crippen molar-refractivity contribution in [2.75, 3.05) is 31.6 Å². The van der Waals surface area contributed by atoms with E-state index in [1.54, 1.807) is 4.90 Å². The Labute approximate surface area is 169 Å². The molecule has 2 saturated heterocycles. The molecule has 7 heteroatoms. The fourth-order valence-corrected chi connectivity index (χ4v) is 3.74. The number of nitrogens with one attached hydrogen (secondary N) is 1. The molecule has 1 N–H and O–H groups in total. The largest absolute Gasteiger partial charge is 0.445 e. The highest BCUT2D eigenvalue weighted by Crippen LogP contribution is 2.37. The van der Waals surface area contributed by atoms with Gasteiger partial charge in [-0.15, -0.1) is 0 Å². The third-order valence-corrected chi connectivity index (χ3v) is 5.26. The summed E-state index contributed by atoms with van der Waals surface area (Å²) in [5.41, 5.74) is 1.60. The average molecular weight is 396 g/mol. The van der Waals surface area contributed by atoms with Crippen LogP contribution in [0.5, 0.6) is 0 Å². The Balaban J connectivity index is 1.43. The number of rotatable bonds is 4. The van der Waals surface area contributed by atoms with Crippen LogP contribution in [0.1, 0.15) is 12.0 Å². The lowest BCUT2D eigenvalue weighted by atomic mass is 9.89. The SMILES string of the molecule is O=C(Nc1ccccc1)[C@@H]1CN(C(=O)OCc2ccccc2)CCC12OCCO2. The fraction of sp³-hybridized carbons (Fsp3) is 0.364. The maximum Gasteiger partial charge on any atom is 0.410 e. The molecule has 0 unspecified atom stereocenters. The van der Waals surface area contributed by atoms with Crippen LogP contribution in [0.15, 0.2) is 60.7 Å². The summed E-state index contributed by atoms with van der Waals surface area (Å²) < 4.78 is 17.1. The summed E-state index contributed by atoms with van der Waals surface area (Å²) in [6.45, 7) is 1.64. The maximum atomic E-state index is 13.0. The van der Waals surface area contributed by atoms with Crippen LogP contribution in [0.3, 0.4) is 0 Å². The molecule has 2 fully saturated rings. The first kappa shape index (κ1) is 19.4. The molecule has 7 nitrogen and oxygen atoms in total. The first-order valence-electron chi connectivity index (χ1n) is 9.76. The van der Waals surface area contributed by atoms with E-state index < -0.39 is 17.8 Å². The number of hydrogen-bond donors (Lipinski definition) is 1. The zero-order chi connectivity index (χ0) is 20.1. The van der Waals surface area contributed by atoms with Gasteiger partial charge in [-0.25, -0.2) is 4.79 Å². The van der Waals surface area contributed by atoms with Crippen molar-refractivity contribution in [3.8, 4) is 0 Å². The maximum absolute atomic E-state index is 13.0. The van der Waals surface area contributed by atoms with Crippen LogP contribution < -0.4 is 5.32 Å². The highest BCUT2D eigenvalue weighted by Gasteiger charge is 2.52. The molecule has 2 aliphatic rings. The minimum Gasteiger partial charge on any atom is -0.445 e. The lowest BCUT2D eigenvalue weighted by molar-refractivity contribution is -0.215. The van der Waals surface area contributed by atoms with E-state index in [4.69, 9.17) is 14.2 Å². The third-order valence-electron chi connectivity index (χ3n) is 5.26. The number of benzene rings is 2. The second-order valence-corrected chi connectivity index (χ2v) is 7.15. The highest BCUT2D eigenvalue weighted by atomic mass is 16.7. The molecule has 29 heavy (non-hydrogen) atoms. The number of carbonyl (C=O) groups excluding carboxylic acids is 2. The van der Waals surface area contributed by atoms with Crippen molar-refractivity contribution in [3.63, 3.8) is 0 Å². The summed E-state index contributed by atoms with van der Waals surface area (Å²) >= 11 is 0. The topological polar surface area (TPSA) is 77.1 Å². The first-order valence-corrected chi connectivity index (χ1v) is 9.76. The Bertz CT molecular complexity index is 837. The van der Waals surface area contributed by atoms with Crippen LogP contribution in [0.4, 0.5) is 10.5 Å². The van der Waals surface area contributed by atoms with Crippen molar-refractivity contribution in [1.29, 1.82) is 0 Å². The van der Waals surface area contributed by atoms with Crippen LogP contribution in [-0.4, -0.2) is 49.0 Å². The molecule has 152 valence electrons. The third kappa shape index (κ3) is 4.41. The van der Waals surface area contributed by atoms with E-state index in [1.165, 1.54) is 0 Å². The molecule has 0 aromatic heterocycles. The lowest BCUT2D eigenvalue weighted by Gasteiger charge is -2.42. The number of nitrogens with zero attached hydrogens (tertiary/aromatic N) is 1. The molecule has 2 aromatic rings. The summed E-state index contributed by atoms with van der Waals surface area (Å²) in [7, 11) is 0. The normalized spacial score (nSPS) is 20.4. The van der Waals surface area contributed by atoms with Gasteiger partial charge >= 0.3 is 6.09 Å². The van der Waals surface area contributed by atoms with Gasteiger partial charge in [0.25, 0.3) is 0 Å². The fourth-order valence-electron chi connectivity index (χ4n) is 3.74. The second kappa shape index (κ2) is 8.63. The van der Waals surface area contributed by atoms with Gasteiger partial charge in [-0.2, -0.15) is 0 Å². The molecule has 1 atom stereocenters. The molecule has 2 heterocycles. The number of anilines is 1. The van der Waals surface area contributed by atoms with Crippen molar-refractivity contribution in [2.24, 2.45) is 5.92 Å². The van der Waals surface area contributed by atoms with E-state index in [-0.39, 0.29) is 19.1 Å². The van der Waals surface area contributed by atoms with Crippen LogP contribution in [-0.2, 0) is 25.6 Å². The lowest BCUT2D eigenvalue weighted by Crippen LogP contribution is -2.58. The number of amides is 2. The first-order chi connectivity index (χ1) is 14.2. The number of piperidine rings is 1. The van der Waals surface area contributed by atoms with Gasteiger partial charge in [0.05, 0.1) is 13.2 Å². The van der Waals surface area contributed by atoms with Gasteiger partial charge in [-0.1, -0.05) is 48.5 Å². The van der Waals surface area contributed by atoms with Gasteiger partial charge in [-0.3, -0.25) is 4.79 Å². The summed E-state index contributed by atoms with van der Waals surface area (Å²) in [6, 6.07) is 18.7. The minimum atomic E-state index is -0.991. The van der Waals surface area contributed by atoms with Gasteiger partial charge in [0.1, 0.15) is 12.5 Å². The number of carbonyl (C=O) groups is 2. The molecule has 2 aromatic carbocycles. The standard InChI is InChI=1S/C22H24N2O5/c25-20(23-18-9-5-2-6-10-18)19-15-24(12-11-22(19)28-13-14-29-22)21(26)27-16-17-7-3-1-4-8-17/h1-10,19H,11-16H2,(H,23,25)/t19-/m0/s1. The Kier molecular flexibility index (Phi) is 5.78. The summed E-state index contributed by atoms with van der Waals surface area (Å²) in [6.07, 6.45) is -0.0282. The number of likely N-dealkylation sites (tertiary alicyclic amines) is 1. The van der Waals surface area contributed by atoms with Gasteiger partial charge in [0.15, 0.2) is 5.79 Å². The summed E-state index contributed by atoms with van der Waals surface area (Å²) in [5.74, 6) is -1.88. The number of para-hydroxylation sites is 1. The van der Waals surface area contributed by atoms with E-state index >= 15 is 0 Å². The van der Waals surface area contributed by atoms with Crippen molar-refractivity contribution in [1.82, 2.24) is 4.90 Å². The molecule has 4 rings (SSSR count). The van der Waals surface area contributed by atoms with Crippen molar-refractivity contribution < 1.29 is 23.8 Å². The minimum absolute atomic E-state index is 0.173. The van der Waals surface area contributed by atoms with Crippen molar-refractivity contribution in [2.45, 2.75) is 18.8 Å². The Morgan fingerprint density at radius 3 is 2.38 bits per heavy atom. The van der Waals surface area contributed by atoms with Gasteiger partial charge in [0.2, 0.25) is 5.91 Å². The van der Waals surface area contributed by atoms with Crippen molar-refractivity contribution >= 4 is 17.7 Å². The zero-order valence-corrected chi connectivity index (χ0v) is 16.1. The van der Waals surface area contributed by atoms with Crippen LogP contribution >= 0.6 is 0 Å². The molecular formula is C22H24N2O5. The molecular weight excluding hydrogens is 372 g/mol. The Hall–Kier alpha value is -2.90. The van der Waals surface area contributed by atoms with Gasteiger partial charge in [-0.05, 0) is 17.7 Å². The predicted molar refractivity (Wildman–Crippen MR) is 106 cm³/mol. The monoisotopic (exact) mass is 396 g/mol. The van der Waals surface area contributed by atoms with Crippen molar-refractivity contribution in [3.05, 3.63) is 66.2 Å². The second-order valence-electron chi connectivity index (χ2n) is 7.15. The van der Waals surface area contributed by atoms with Crippen LogP contribution in [0.2, 0.25) is 0 Å². The van der Waals surface area contributed by atoms with Gasteiger partial charge in [0, 0.05) is 25.2 Å². The Morgan fingerprint density at radius 1 is 1.03 bits per heavy atom. The van der Waals surface area contributed by atoms with E-state index in [1.807, 2.05) is 60.7 Å². The molecule has 0 bridgehead atoms. The molecule has 1 spiro atoms. The van der Waals surface area contributed by atoms with E-state index in [0.29, 0.717) is 31.9 Å². The molecule has 0 radical (unpaired) electrons. The molecule has 0 saturated carbocycles.